The third-order valence-corrected chi connectivity index (χ3v) is 2.76. The van der Waals surface area contributed by atoms with E-state index in [9.17, 15) is 26.7 Å². The number of halogens is 6. The lowest BCUT2D eigenvalue weighted by atomic mass is 10.2. The summed E-state index contributed by atoms with van der Waals surface area (Å²) in [5.74, 6) is -2.50. The van der Waals surface area contributed by atoms with E-state index >= 15 is 0 Å². The van der Waals surface area contributed by atoms with Crippen LogP contribution in [0.5, 0.6) is 5.75 Å². The summed E-state index contributed by atoms with van der Waals surface area (Å²) in [6.07, 6.45) is -7.99. The molecule has 0 bridgehead atoms. The van der Waals surface area contributed by atoms with Crippen LogP contribution in [0.25, 0.3) is 0 Å². The molecule has 0 aliphatic carbocycles. The van der Waals surface area contributed by atoms with E-state index < -0.39 is 35.6 Å². The number of carbonyl (C=O) groups is 1. The van der Waals surface area contributed by atoms with Crippen LogP contribution < -0.4 is 4.74 Å². The van der Waals surface area contributed by atoms with Crippen molar-refractivity contribution >= 4 is 28.6 Å². The first kappa shape index (κ1) is 16.9. The highest BCUT2D eigenvalue weighted by atomic mass is 127. The van der Waals surface area contributed by atoms with Crippen LogP contribution in [0.4, 0.5) is 22.0 Å². The fourth-order valence-electron chi connectivity index (χ4n) is 1.25. The van der Waals surface area contributed by atoms with Gasteiger partial charge in [0.05, 0.1) is 12.2 Å². The maximum Gasteiger partial charge on any atom is 0.573 e. The van der Waals surface area contributed by atoms with Gasteiger partial charge in [-0.1, -0.05) is 0 Å². The van der Waals surface area contributed by atoms with Crippen LogP contribution in [0.2, 0.25) is 0 Å². The second-order valence-electron chi connectivity index (χ2n) is 3.28. The van der Waals surface area contributed by atoms with Crippen molar-refractivity contribution < 1.29 is 36.2 Å². The topological polar surface area (TPSA) is 48.4 Å². The van der Waals surface area contributed by atoms with E-state index in [1.165, 1.54) is 29.5 Å². The Morgan fingerprint density at radius 3 is 2.50 bits per heavy atom. The molecule has 0 saturated carbocycles. The Morgan fingerprint density at radius 2 is 2.05 bits per heavy atom. The van der Waals surface area contributed by atoms with Crippen molar-refractivity contribution in [1.29, 1.82) is 0 Å². The Morgan fingerprint density at radius 1 is 1.45 bits per heavy atom. The molecule has 0 atom stereocenters. The molecule has 1 heterocycles. The standard InChI is InChI=1S/C10H7F5INO3/c1-2-19-9(18)5-6(20-10(13,14)15)4(7(11)12)3-17-8(5)16/h3,7H,2H2,1H3. The molecule has 0 aliphatic rings. The number of alkyl halides is 5. The second kappa shape index (κ2) is 6.50. The van der Waals surface area contributed by atoms with Gasteiger partial charge in [-0.05, 0) is 29.5 Å². The quantitative estimate of drug-likeness (QED) is 0.328. The van der Waals surface area contributed by atoms with Gasteiger partial charge in [0.25, 0.3) is 6.43 Å². The average Bonchev–Trinajstić information content (AvgIpc) is 2.26. The molecule has 0 aliphatic heterocycles. The molecule has 0 fully saturated rings. The van der Waals surface area contributed by atoms with Gasteiger partial charge in [0.15, 0.2) is 5.75 Å². The van der Waals surface area contributed by atoms with Gasteiger partial charge in [-0.2, -0.15) is 0 Å². The average molecular weight is 411 g/mol. The minimum atomic E-state index is -5.23. The van der Waals surface area contributed by atoms with Gasteiger partial charge in [-0.3, -0.25) is 0 Å². The zero-order valence-corrected chi connectivity index (χ0v) is 12.0. The molecule has 0 radical (unpaired) electrons. The lowest BCUT2D eigenvalue weighted by Gasteiger charge is -2.16. The monoisotopic (exact) mass is 411 g/mol. The number of pyridine rings is 1. The zero-order chi connectivity index (χ0) is 15.5. The van der Waals surface area contributed by atoms with Crippen molar-refractivity contribution in [3.63, 3.8) is 0 Å². The minimum absolute atomic E-state index is 0.140. The number of esters is 1. The molecule has 1 aromatic heterocycles. The zero-order valence-electron chi connectivity index (χ0n) is 9.80. The molecule has 1 rings (SSSR count). The molecule has 0 N–H and O–H groups in total. The van der Waals surface area contributed by atoms with Gasteiger partial charge in [0, 0.05) is 6.20 Å². The van der Waals surface area contributed by atoms with Crippen molar-refractivity contribution in [1.82, 2.24) is 4.98 Å². The summed E-state index contributed by atoms with van der Waals surface area (Å²) in [6, 6.07) is 0. The third-order valence-electron chi connectivity index (χ3n) is 1.94. The van der Waals surface area contributed by atoms with Crippen molar-refractivity contribution in [3.05, 3.63) is 21.0 Å². The van der Waals surface area contributed by atoms with E-state index in [2.05, 4.69) is 14.5 Å². The van der Waals surface area contributed by atoms with Gasteiger partial charge in [0.1, 0.15) is 9.26 Å². The third kappa shape index (κ3) is 4.15. The first-order valence-electron chi connectivity index (χ1n) is 5.06. The molecular formula is C10H7F5INO3. The maximum absolute atomic E-state index is 12.7. The lowest BCUT2D eigenvalue weighted by Crippen LogP contribution is -2.22. The van der Waals surface area contributed by atoms with E-state index in [0.717, 1.165) is 0 Å². The minimum Gasteiger partial charge on any atom is -0.462 e. The molecule has 112 valence electrons. The van der Waals surface area contributed by atoms with E-state index in [0.29, 0.717) is 6.20 Å². The van der Waals surface area contributed by atoms with Crippen molar-refractivity contribution in [2.24, 2.45) is 0 Å². The van der Waals surface area contributed by atoms with Crippen molar-refractivity contribution in [2.75, 3.05) is 6.61 Å². The molecule has 20 heavy (non-hydrogen) atoms. The number of nitrogens with zero attached hydrogens (tertiary/aromatic N) is 1. The summed E-state index contributed by atoms with van der Waals surface area (Å²) in [4.78, 5) is 15.0. The Balaban J connectivity index is 3.45. The lowest BCUT2D eigenvalue weighted by molar-refractivity contribution is -0.275. The summed E-state index contributed by atoms with van der Waals surface area (Å²) in [5.41, 5.74) is -1.91. The smallest absolute Gasteiger partial charge is 0.462 e. The van der Waals surface area contributed by atoms with E-state index in [1.54, 1.807) is 0 Å². The van der Waals surface area contributed by atoms with Crippen LogP contribution in [-0.4, -0.2) is 23.9 Å². The number of carbonyl (C=O) groups excluding carboxylic acids is 1. The number of hydrogen-bond acceptors (Lipinski definition) is 4. The summed E-state index contributed by atoms with van der Waals surface area (Å²) in [7, 11) is 0. The first-order valence-corrected chi connectivity index (χ1v) is 6.14. The Bertz CT molecular complexity index is 506. The van der Waals surface area contributed by atoms with Crippen LogP contribution in [0.1, 0.15) is 29.3 Å². The molecule has 0 amide bonds. The summed E-state index contributed by atoms with van der Waals surface area (Å²) in [5, 5.41) is 0. The largest absolute Gasteiger partial charge is 0.573 e. The normalized spacial score (nSPS) is 11.6. The Kier molecular flexibility index (Phi) is 5.48. The summed E-state index contributed by atoms with van der Waals surface area (Å²) >= 11 is 1.43. The SMILES string of the molecule is CCOC(=O)c1c(I)ncc(C(F)F)c1OC(F)(F)F. The number of hydrogen-bond donors (Lipinski definition) is 0. The van der Waals surface area contributed by atoms with E-state index in [-0.39, 0.29) is 10.3 Å². The highest BCUT2D eigenvalue weighted by Gasteiger charge is 2.37. The molecule has 1 aromatic rings. The molecule has 0 spiro atoms. The number of rotatable bonds is 4. The van der Waals surface area contributed by atoms with Gasteiger partial charge in [-0.15, -0.1) is 13.2 Å². The predicted molar refractivity (Wildman–Crippen MR) is 64.6 cm³/mol. The van der Waals surface area contributed by atoms with Crippen LogP contribution in [0.3, 0.4) is 0 Å². The molecule has 4 nitrogen and oxygen atoms in total. The summed E-state index contributed by atoms with van der Waals surface area (Å²) in [6.45, 7) is 1.28. The van der Waals surface area contributed by atoms with Crippen LogP contribution in [0, 0.1) is 3.70 Å². The van der Waals surface area contributed by atoms with E-state index in [1.807, 2.05) is 0 Å². The van der Waals surface area contributed by atoms with Gasteiger partial charge in [0.2, 0.25) is 0 Å². The second-order valence-corrected chi connectivity index (χ2v) is 4.30. The maximum atomic E-state index is 12.7. The van der Waals surface area contributed by atoms with Gasteiger partial charge < -0.3 is 9.47 Å². The van der Waals surface area contributed by atoms with Crippen LogP contribution >= 0.6 is 22.6 Å². The highest BCUT2D eigenvalue weighted by Crippen LogP contribution is 2.37. The highest BCUT2D eigenvalue weighted by molar-refractivity contribution is 14.1. The Hall–Kier alpha value is -1.20. The first-order chi connectivity index (χ1) is 9.17. The predicted octanol–water partition coefficient (Wildman–Crippen LogP) is 3.70. The molecular weight excluding hydrogens is 404 g/mol. The van der Waals surface area contributed by atoms with Crippen molar-refractivity contribution in [2.45, 2.75) is 19.7 Å². The molecule has 10 heteroatoms. The van der Waals surface area contributed by atoms with Crippen molar-refractivity contribution in [3.8, 4) is 5.75 Å². The number of ether oxygens (including phenoxy) is 2. The van der Waals surface area contributed by atoms with E-state index in [4.69, 9.17) is 0 Å². The molecule has 0 saturated heterocycles. The Labute approximate surface area is 123 Å². The fraction of sp³-hybridized carbons (Fsp3) is 0.400. The molecule has 0 aromatic carbocycles. The van der Waals surface area contributed by atoms with Gasteiger partial charge in [-0.25, -0.2) is 18.6 Å². The van der Waals surface area contributed by atoms with Crippen LogP contribution in [0.15, 0.2) is 6.20 Å². The van der Waals surface area contributed by atoms with Crippen LogP contribution in [-0.2, 0) is 4.74 Å². The van der Waals surface area contributed by atoms with Gasteiger partial charge >= 0.3 is 12.3 Å². The number of aromatic nitrogens is 1. The fourth-order valence-corrected chi connectivity index (χ4v) is 1.85. The summed E-state index contributed by atoms with van der Waals surface area (Å²) < 4.78 is 70.2. The molecule has 0 unspecified atom stereocenters.